The summed E-state index contributed by atoms with van der Waals surface area (Å²) in [5, 5.41) is 7.67. The van der Waals surface area contributed by atoms with Crippen LogP contribution in [0.3, 0.4) is 0 Å². The van der Waals surface area contributed by atoms with Gasteiger partial charge in [-0.05, 0) is 28.2 Å². The molecule has 100 valence electrons. The van der Waals surface area contributed by atoms with Crippen molar-refractivity contribution in [1.29, 1.82) is 0 Å². The van der Waals surface area contributed by atoms with Crippen LogP contribution in [0.2, 0.25) is 0 Å². The number of hydrogen-bond acceptors (Lipinski definition) is 4. The summed E-state index contributed by atoms with van der Waals surface area (Å²) in [6, 6.07) is 10.3. The molecule has 1 aromatic carbocycles. The number of rotatable bonds is 3. The van der Waals surface area contributed by atoms with Crippen LogP contribution in [-0.2, 0) is 5.41 Å². The molecule has 0 saturated heterocycles. The average Bonchev–Trinajstić information content (AvgIpc) is 2.40. The number of benzene rings is 1. The molecule has 0 aliphatic carbocycles. The average molecular weight is 256 g/mol. The number of hydrogen-bond donors (Lipinski definition) is 2. The fraction of sp³-hybridized carbons (Fsp3) is 0.333. The lowest BCUT2D eigenvalue weighted by molar-refractivity contribution is 0.587. The third kappa shape index (κ3) is 3.16. The summed E-state index contributed by atoms with van der Waals surface area (Å²) in [6.45, 7) is 6.61. The summed E-state index contributed by atoms with van der Waals surface area (Å²) in [7, 11) is 0. The van der Waals surface area contributed by atoms with Gasteiger partial charge in [0.15, 0.2) is 0 Å². The smallest absolute Gasteiger partial charge is 0.0726 e. The number of nitrogens with zero attached hydrogens (tertiary/aromatic N) is 2. The van der Waals surface area contributed by atoms with Crippen molar-refractivity contribution in [2.75, 3.05) is 0 Å². The van der Waals surface area contributed by atoms with Crippen LogP contribution in [0.5, 0.6) is 0 Å². The Morgan fingerprint density at radius 1 is 1.00 bits per heavy atom. The van der Waals surface area contributed by atoms with Crippen LogP contribution in [0.25, 0.3) is 0 Å². The van der Waals surface area contributed by atoms with Crippen LogP contribution in [0.4, 0.5) is 0 Å². The van der Waals surface area contributed by atoms with E-state index in [-0.39, 0.29) is 11.5 Å². The zero-order valence-electron chi connectivity index (χ0n) is 11.6. The molecule has 1 atom stereocenters. The summed E-state index contributed by atoms with van der Waals surface area (Å²) in [5.41, 5.74) is 6.40. The molecular formula is C15H20N4. The monoisotopic (exact) mass is 256 g/mol. The van der Waals surface area contributed by atoms with E-state index in [0.717, 1.165) is 11.1 Å². The van der Waals surface area contributed by atoms with Gasteiger partial charge in [0.05, 0.1) is 12.2 Å². The lowest BCUT2D eigenvalue weighted by Crippen LogP contribution is -2.29. The SMILES string of the molecule is CC(C)(C)c1ccc(C(NN)c2ccnnc2)cc1. The third-order valence-corrected chi connectivity index (χ3v) is 3.22. The van der Waals surface area contributed by atoms with Crippen LogP contribution < -0.4 is 11.3 Å². The van der Waals surface area contributed by atoms with Gasteiger partial charge in [0.2, 0.25) is 0 Å². The molecule has 1 aromatic heterocycles. The standard InChI is InChI=1S/C15H20N4/c1-15(2,3)13-6-4-11(5-7-13)14(19-16)12-8-9-17-18-10-12/h4-10,14,19H,16H2,1-3H3. The molecule has 19 heavy (non-hydrogen) atoms. The largest absolute Gasteiger partial charge is 0.271 e. The Hall–Kier alpha value is -1.78. The van der Waals surface area contributed by atoms with E-state index in [0.29, 0.717) is 0 Å². The van der Waals surface area contributed by atoms with Crippen molar-refractivity contribution < 1.29 is 0 Å². The topological polar surface area (TPSA) is 63.8 Å². The molecule has 4 heteroatoms. The van der Waals surface area contributed by atoms with Crippen molar-refractivity contribution in [3.63, 3.8) is 0 Å². The van der Waals surface area contributed by atoms with Crippen LogP contribution in [0.15, 0.2) is 42.7 Å². The number of aromatic nitrogens is 2. The van der Waals surface area contributed by atoms with Crippen molar-refractivity contribution in [1.82, 2.24) is 15.6 Å². The highest BCUT2D eigenvalue weighted by molar-refractivity contribution is 5.33. The highest BCUT2D eigenvalue weighted by Gasteiger charge is 2.16. The minimum Gasteiger partial charge on any atom is -0.271 e. The summed E-state index contributed by atoms with van der Waals surface area (Å²) in [5.74, 6) is 5.66. The van der Waals surface area contributed by atoms with Crippen LogP contribution in [0.1, 0.15) is 43.5 Å². The van der Waals surface area contributed by atoms with Gasteiger partial charge < -0.3 is 0 Å². The molecule has 1 heterocycles. The first-order valence-corrected chi connectivity index (χ1v) is 6.35. The minimum absolute atomic E-state index is 0.0653. The maximum Gasteiger partial charge on any atom is 0.0726 e. The highest BCUT2D eigenvalue weighted by Crippen LogP contribution is 2.25. The van der Waals surface area contributed by atoms with E-state index < -0.39 is 0 Å². The van der Waals surface area contributed by atoms with Crippen molar-refractivity contribution in [2.45, 2.75) is 32.2 Å². The van der Waals surface area contributed by atoms with Gasteiger partial charge in [-0.25, -0.2) is 5.43 Å². The first-order valence-electron chi connectivity index (χ1n) is 6.35. The van der Waals surface area contributed by atoms with E-state index in [2.05, 4.69) is 60.7 Å². The van der Waals surface area contributed by atoms with Gasteiger partial charge in [0.25, 0.3) is 0 Å². The first-order chi connectivity index (χ1) is 9.02. The molecule has 4 nitrogen and oxygen atoms in total. The Kier molecular flexibility index (Phi) is 3.93. The highest BCUT2D eigenvalue weighted by atomic mass is 15.2. The zero-order chi connectivity index (χ0) is 13.9. The Bertz CT molecular complexity index is 514. The van der Waals surface area contributed by atoms with Gasteiger partial charge in [0, 0.05) is 6.20 Å². The van der Waals surface area contributed by atoms with Gasteiger partial charge in [-0.2, -0.15) is 10.2 Å². The molecule has 0 bridgehead atoms. The maximum absolute atomic E-state index is 5.66. The number of nitrogens with one attached hydrogen (secondary N) is 1. The van der Waals surface area contributed by atoms with Crippen molar-refractivity contribution in [2.24, 2.45) is 5.84 Å². The Balaban J connectivity index is 2.30. The van der Waals surface area contributed by atoms with Crippen molar-refractivity contribution in [3.8, 4) is 0 Å². The van der Waals surface area contributed by atoms with Crippen LogP contribution >= 0.6 is 0 Å². The maximum atomic E-state index is 5.66. The second-order valence-electron chi connectivity index (χ2n) is 5.65. The van der Waals surface area contributed by atoms with E-state index in [4.69, 9.17) is 5.84 Å². The Morgan fingerprint density at radius 3 is 2.16 bits per heavy atom. The van der Waals surface area contributed by atoms with Gasteiger partial charge in [-0.1, -0.05) is 45.0 Å². The van der Waals surface area contributed by atoms with Gasteiger partial charge in [-0.3, -0.25) is 5.84 Å². The fourth-order valence-corrected chi connectivity index (χ4v) is 2.03. The molecule has 0 amide bonds. The molecule has 0 saturated carbocycles. The second-order valence-corrected chi connectivity index (χ2v) is 5.65. The van der Waals surface area contributed by atoms with Gasteiger partial charge in [-0.15, -0.1) is 0 Å². The summed E-state index contributed by atoms with van der Waals surface area (Å²) >= 11 is 0. The predicted molar refractivity (Wildman–Crippen MR) is 76.3 cm³/mol. The predicted octanol–water partition coefficient (Wildman–Crippen LogP) is 2.33. The molecule has 0 radical (unpaired) electrons. The van der Waals surface area contributed by atoms with Gasteiger partial charge in [0.1, 0.15) is 0 Å². The van der Waals surface area contributed by atoms with Crippen LogP contribution in [0, 0.1) is 0 Å². The number of nitrogens with two attached hydrogens (primary N) is 1. The van der Waals surface area contributed by atoms with E-state index in [1.54, 1.807) is 12.4 Å². The Morgan fingerprint density at radius 2 is 1.68 bits per heavy atom. The molecule has 3 N–H and O–H groups in total. The molecule has 0 aliphatic heterocycles. The van der Waals surface area contributed by atoms with E-state index >= 15 is 0 Å². The van der Waals surface area contributed by atoms with Crippen molar-refractivity contribution >= 4 is 0 Å². The van der Waals surface area contributed by atoms with Crippen molar-refractivity contribution in [3.05, 3.63) is 59.4 Å². The molecule has 2 rings (SSSR count). The zero-order valence-corrected chi connectivity index (χ0v) is 11.6. The summed E-state index contributed by atoms with van der Waals surface area (Å²) in [6.07, 6.45) is 3.39. The van der Waals surface area contributed by atoms with E-state index in [9.17, 15) is 0 Å². The number of hydrazine groups is 1. The van der Waals surface area contributed by atoms with Gasteiger partial charge >= 0.3 is 0 Å². The molecule has 2 aromatic rings. The molecule has 1 unspecified atom stereocenters. The summed E-state index contributed by atoms with van der Waals surface area (Å²) in [4.78, 5) is 0. The third-order valence-electron chi connectivity index (χ3n) is 3.22. The van der Waals surface area contributed by atoms with E-state index in [1.807, 2.05) is 6.07 Å². The molecule has 0 aliphatic rings. The fourth-order valence-electron chi connectivity index (χ4n) is 2.03. The first kappa shape index (κ1) is 13.6. The quantitative estimate of drug-likeness (QED) is 0.653. The van der Waals surface area contributed by atoms with Crippen LogP contribution in [-0.4, -0.2) is 10.2 Å². The van der Waals surface area contributed by atoms with E-state index in [1.165, 1.54) is 5.56 Å². The molecule has 0 spiro atoms. The lowest BCUT2D eigenvalue weighted by Gasteiger charge is -2.21. The summed E-state index contributed by atoms with van der Waals surface area (Å²) < 4.78 is 0. The lowest BCUT2D eigenvalue weighted by atomic mass is 9.86. The second kappa shape index (κ2) is 5.47. The molecular weight excluding hydrogens is 236 g/mol. The normalized spacial score (nSPS) is 13.3. The molecule has 0 fully saturated rings. The Labute approximate surface area is 114 Å². The minimum atomic E-state index is -0.0653.